The SMILES string of the molecule is CC.O=C1CCC(c2nccnc2Oc2ccc(C(=O)c3nc4ccccc4[nH]3)cc2)CC1.OC1CCCC(c2nccnc2Oc2ccc(Nc3nc4ccccc4s3)cc2)C1. The molecule has 2 atom stereocenters. The molecule has 2 aliphatic rings. The Hall–Kier alpha value is -6.90. The third-order valence-corrected chi connectivity index (χ3v) is 11.8. The molecule has 2 fully saturated rings. The van der Waals surface area contributed by atoms with Crippen LogP contribution in [0.3, 0.4) is 0 Å². The standard InChI is InChI=1S/C24H20N4O3.C23H22N4O2S.C2H6/c29-17-9-5-15(6-10-17)21-24(26-14-13-25-21)31-18-11-7-16(8-12-18)22(30)23-27-19-3-1-2-4-20(19)28-23;28-17-5-3-4-15(14-17)21-22(25-13-12-24-21)29-18-10-8-16(9-11-18)26-23-27-19-6-1-2-7-20(19)30-23;1-2/h1-4,7-8,11-15H,5-6,9-10H2,(H,27,28);1-2,6-13,15,17,28H,3-5,14H2,(H,26,27);1-2H3. The molecule has 2 aliphatic carbocycles. The number of ketones is 2. The molecule has 0 radical (unpaired) electrons. The number of Topliss-reactive ketones (excluding diaryl/α,β-unsaturated/α-hetero) is 1. The summed E-state index contributed by atoms with van der Waals surface area (Å²) in [5, 5.41) is 14.2. The molecule has 0 saturated heterocycles. The zero-order chi connectivity index (χ0) is 43.5. The minimum Gasteiger partial charge on any atom is -0.437 e. The molecule has 10 rings (SSSR count). The molecule has 4 aromatic heterocycles. The number of hydrogen-bond acceptors (Lipinski definition) is 13. The molecule has 63 heavy (non-hydrogen) atoms. The van der Waals surface area contributed by atoms with Crippen molar-refractivity contribution >= 4 is 55.0 Å². The average Bonchev–Trinajstić information content (AvgIpc) is 3.96. The number of ether oxygens (including phenoxy) is 2. The molecule has 4 heterocycles. The number of carbonyl (C=O) groups excluding carboxylic acids is 2. The first-order valence-electron chi connectivity index (χ1n) is 21.4. The van der Waals surface area contributed by atoms with Crippen LogP contribution < -0.4 is 14.8 Å². The predicted molar refractivity (Wildman–Crippen MR) is 244 cm³/mol. The highest BCUT2D eigenvalue weighted by Gasteiger charge is 2.27. The predicted octanol–water partition coefficient (Wildman–Crippen LogP) is 11.3. The number of para-hydroxylation sites is 3. The fraction of sp³-hybridized carbons (Fsp3) is 0.265. The molecule has 2 saturated carbocycles. The number of fused-ring (bicyclic) bond motifs is 2. The molecule has 8 aromatic rings. The summed E-state index contributed by atoms with van der Waals surface area (Å²) < 4.78 is 13.2. The van der Waals surface area contributed by atoms with Crippen molar-refractivity contribution in [3.05, 3.63) is 145 Å². The number of aromatic nitrogens is 7. The summed E-state index contributed by atoms with van der Waals surface area (Å²) in [6.07, 6.45) is 12.5. The number of rotatable bonds is 10. The number of aliphatic hydroxyl groups excluding tert-OH is 1. The van der Waals surface area contributed by atoms with Gasteiger partial charge in [-0.25, -0.2) is 19.9 Å². The van der Waals surface area contributed by atoms with Crippen LogP contribution in [0.15, 0.2) is 122 Å². The maximum Gasteiger partial charge on any atom is 0.241 e. The van der Waals surface area contributed by atoms with Crippen LogP contribution in [0, 0.1) is 0 Å². The van der Waals surface area contributed by atoms with E-state index in [-0.39, 0.29) is 23.7 Å². The first-order valence-corrected chi connectivity index (χ1v) is 22.2. The number of hydrogen-bond donors (Lipinski definition) is 3. The highest BCUT2D eigenvalue weighted by atomic mass is 32.1. The van der Waals surface area contributed by atoms with Gasteiger partial charge in [0.05, 0.1) is 27.4 Å². The van der Waals surface area contributed by atoms with Gasteiger partial charge in [0, 0.05) is 60.7 Å². The molecule has 4 aromatic carbocycles. The van der Waals surface area contributed by atoms with Crippen LogP contribution in [0.25, 0.3) is 21.3 Å². The maximum absolute atomic E-state index is 12.8. The van der Waals surface area contributed by atoms with Gasteiger partial charge < -0.3 is 24.9 Å². The Labute approximate surface area is 369 Å². The lowest BCUT2D eigenvalue weighted by molar-refractivity contribution is -0.120. The molecule has 13 nitrogen and oxygen atoms in total. The van der Waals surface area contributed by atoms with Gasteiger partial charge in [0.15, 0.2) is 11.0 Å². The Morgan fingerprint density at radius 1 is 0.698 bits per heavy atom. The van der Waals surface area contributed by atoms with Gasteiger partial charge in [-0.15, -0.1) is 0 Å². The summed E-state index contributed by atoms with van der Waals surface area (Å²) in [5.41, 5.74) is 5.63. The topological polar surface area (TPSA) is 178 Å². The summed E-state index contributed by atoms with van der Waals surface area (Å²) in [7, 11) is 0. The molecular weight excluding hydrogens is 813 g/mol. The van der Waals surface area contributed by atoms with Crippen LogP contribution in [0.2, 0.25) is 0 Å². The molecule has 0 amide bonds. The largest absolute Gasteiger partial charge is 0.437 e. The smallest absolute Gasteiger partial charge is 0.241 e. The van der Waals surface area contributed by atoms with Crippen LogP contribution >= 0.6 is 11.3 Å². The lowest BCUT2D eigenvalue weighted by Gasteiger charge is -2.26. The number of thiazole rings is 1. The van der Waals surface area contributed by atoms with Crippen LogP contribution in [0.1, 0.15) is 105 Å². The average molecular weight is 861 g/mol. The number of aliphatic hydroxyl groups is 1. The van der Waals surface area contributed by atoms with Crippen LogP contribution in [0.4, 0.5) is 10.8 Å². The van der Waals surface area contributed by atoms with E-state index in [0.717, 1.165) is 75.6 Å². The van der Waals surface area contributed by atoms with Gasteiger partial charge in [0.25, 0.3) is 0 Å². The normalized spacial score (nSPS) is 16.3. The van der Waals surface area contributed by atoms with E-state index in [4.69, 9.17) is 9.47 Å². The van der Waals surface area contributed by atoms with E-state index in [1.165, 1.54) is 0 Å². The summed E-state index contributed by atoms with van der Waals surface area (Å²) >= 11 is 1.62. The van der Waals surface area contributed by atoms with Crippen molar-refractivity contribution in [3.63, 3.8) is 0 Å². The van der Waals surface area contributed by atoms with E-state index in [1.807, 2.05) is 80.6 Å². The number of nitrogens with zero attached hydrogens (tertiary/aromatic N) is 6. The number of benzene rings is 4. The van der Waals surface area contributed by atoms with E-state index >= 15 is 0 Å². The minimum atomic E-state index is -0.272. The molecular formula is C49H48N8O5S. The van der Waals surface area contributed by atoms with Gasteiger partial charge in [-0.2, -0.15) is 0 Å². The van der Waals surface area contributed by atoms with Gasteiger partial charge in [-0.1, -0.05) is 55.9 Å². The second-order valence-corrected chi connectivity index (χ2v) is 16.2. The minimum absolute atomic E-state index is 0.162. The van der Waals surface area contributed by atoms with Crippen molar-refractivity contribution < 1.29 is 24.2 Å². The molecule has 320 valence electrons. The second kappa shape index (κ2) is 20.3. The van der Waals surface area contributed by atoms with Crippen molar-refractivity contribution in [3.8, 4) is 23.3 Å². The lowest BCUT2D eigenvalue weighted by Crippen LogP contribution is -2.19. The first-order chi connectivity index (χ1) is 30.9. The van der Waals surface area contributed by atoms with E-state index in [0.29, 0.717) is 59.7 Å². The fourth-order valence-electron chi connectivity index (χ4n) is 7.77. The molecule has 3 N–H and O–H groups in total. The maximum atomic E-state index is 12.8. The molecule has 0 spiro atoms. The first kappa shape index (κ1) is 42.8. The summed E-state index contributed by atoms with van der Waals surface area (Å²) in [6.45, 7) is 4.00. The van der Waals surface area contributed by atoms with Gasteiger partial charge >= 0.3 is 0 Å². The Morgan fingerprint density at radius 3 is 1.95 bits per heavy atom. The van der Waals surface area contributed by atoms with Crippen molar-refractivity contribution in [2.45, 2.75) is 83.2 Å². The fourth-order valence-corrected chi connectivity index (χ4v) is 8.65. The number of aromatic amines is 1. The number of nitrogens with one attached hydrogen (secondary N) is 2. The lowest BCUT2D eigenvalue weighted by atomic mass is 9.85. The molecule has 14 heteroatoms. The zero-order valence-electron chi connectivity index (χ0n) is 35.1. The number of anilines is 2. The summed E-state index contributed by atoms with van der Waals surface area (Å²) in [6, 6.07) is 30.2. The van der Waals surface area contributed by atoms with E-state index in [2.05, 4.69) is 46.3 Å². The monoisotopic (exact) mass is 860 g/mol. The summed E-state index contributed by atoms with van der Waals surface area (Å²) in [4.78, 5) is 54.1. The third kappa shape index (κ3) is 10.6. The zero-order valence-corrected chi connectivity index (χ0v) is 35.9. The van der Waals surface area contributed by atoms with Crippen LogP contribution in [-0.2, 0) is 4.79 Å². The van der Waals surface area contributed by atoms with Crippen molar-refractivity contribution in [1.29, 1.82) is 0 Å². The summed E-state index contributed by atoms with van der Waals surface area (Å²) in [5.74, 6) is 2.98. The number of H-pyrrole nitrogens is 1. The molecule has 0 aliphatic heterocycles. The Morgan fingerprint density at radius 2 is 1.30 bits per heavy atom. The highest BCUT2D eigenvalue weighted by Crippen LogP contribution is 2.38. The molecule has 0 bridgehead atoms. The van der Waals surface area contributed by atoms with Gasteiger partial charge in [-0.05, 0) is 105 Å². The van der Waals surface area contributed by atoms with Gasteiger partial charge in [0.2, 0.25) is 17.5 Å². The highest BCUT2D eigenvalue weighted by molar-refractivity contribution is 7.22. The van der Waals surface area contributed by atoms with Crippen molar-refractivity contribution in [2.24, 2.45) is 0 Å². The molecule has 2 unspecified atom stereocenters. The second-order valence-electron chi connectivity index (χ2n) is 15.1. The van der Waals surface area contributed by atoms with E-state index < -0.39 is 0 Å². The quantitative estimate of drug-likeness (QED) is 0.111. The van der Waals surface area contributed by atoms with Crippen LogP contribution in [-0.4, -0.2) is 57.7 Å². The van der Waals surface area contributed by atoms with Crippen LogP contribution in [0.5, 0.6) is 23.3 Å². The van der Waals surface area contributed by atoms with Gasteiger partial charge in [0.1, 0.15) is 28.7 Å². The Balaban J connectivity index is 0.000000166. The number of carbonyl (C=O) groups is 2. The Bertz CT molecular complexity index is 2720. The van der Waals surface area contributed by atoms with Gasteiger partial charge in [-0.3, -0.25) is 19.6 Å². The van der Waals surface area contributed by atoms with Crippen molar-refractivity contribution in [2.75, 3.05) is 5.32 Å². The van der Waals surface area contributed by atoms with E-state index in [1.54, 1.807) is 60.4 Å². The third-order valence-electron chi connectivity index (χ3n) is 10.9. The Kier molecular flexibility index (Phi) is 13.8. The van der Waals surface area contributed by atoms with E-state index in [9.17, 15) is 14.7 Å². The van der Waals surface area contributed by atoms with Crippen molar-refractivity contribution in [1.82, 2.24) is 34.9 Å². The number of imidazole rings is 1.